The third kappa shape index (κ3) is 1.14. The third-order valence-corrected chi connectivity index (χ3v) is 2.10. The van der Waals surface area contributed by atoms with Gasteiger partial charge in [-0.25, -0.2) is 5.84 Å². The van der Waals surface area contributed by atoms with Gasteiger partial charge in [-0.1, -0.05) is 0 Å². The van der Waals surface area contributed by atoms with Crippen molar-refractivity contribution in [2.75, 3.05) is 0 Å². The Morgan fingerprint density at radius 1 is 1.60 bits per heavy atom. The Labute approximate surface area is 61.2 Å². The molecule has 1 amide bonds. The highest BCUT2D eigenvalue weighted by Gasteiger charge is 2.31. The Balaban J connectivity index is 2.69. The maximum atomic E-state index is 11.0. The molecule has 1 aliphatic rings. The van der Waals surface area contributed by atoms with Crippen LogP contribution in [0.5, 0.6) is 0 Å². The monoisotopic (exact) mass is 142 g/mol. The molecular formula is C7H14N2O. The molecule has 0 aromatic carbocycles. The average Bonchev–Trinajstić information content (AvgIpc) is 1.83. The van der Waals surface area contributed by atoms with Gasteiger partial charge in [0, 0.05) is 6.42 Å². The molecule has 0 spiro atoms. The van der Waals surface area contributed by atoms with E-state index >= 15 is 0 Å². The summed E-state index contributed by atoms with van der Waals surface area (Å²) in [4.78, 5) is 11.0. The lowest BCUT2D eigenvalue weighted by Crippen LogP contribution is -2.54. The first-order valence-electron chi connectivity index (χ1n) is 3.62. The lowest BCUT2D eigenvalue weighted by molar-refractivity contribution is -0.140. The number of nitrogens with zero attached hydrogens (tertiary/aromatic N) is 1. The summed E-state index contributed by atoms with van der Waals surface area (Å²) >= 11 is 0. The summed E-state index contributed by atoms with van der Waals surface area (Å²) in [6.07, 6.45) is 2.59. The van der Waals surface area contributed by atoms with Crippen molar-refractivity contribution in [2.45, 2.75) is 38.6 Å². The van der Waals surface area contributed by atoms with Gasteiger partial charge in [0.2, 0.25) is 5.91 Å². The summed E-state index contributed by atoms with van der Waals surface area (Å²) in [5.74, 6) is 5.61. The van der Waals surface area contributed by atoms with E-state index in [1.54, 1.807) is 0 Å². The van der Waals surface area contributed by atoms with Crippen LogP contribution < -0.4 is 5.84 Å². The van der Waals surface area contributed by atoms with Crippen molar-refractivity contribution in [1.29, 1.82) is 0 Å². The number of carbonyl (C=O) groups excluding carboxylic acids is 1. The molecule has 1 fully saturated rings. The van der Waals surface area contributed by atoms with E-state index in [0.29, 0.717) is 6.42 Å². The molecule has 1 heterocycles. The highest BCUT2D eigenvalue weighted by Crippen LogP contribution is 2.24. The molecule has 0 aliphatic carbocycles. The Morgan fingerprint density at radius 2 is 2.20 bits per heavy atom. The summed E-state index contributed by atoms with van der Waals surface area (Å²) in [6.45, 7) is 3.98. The first-order chi connectivity index (χ1) is 4.54. The van der Waals surface area contributed by atoms with Gasteiger partial charge in [0.1, 0.15) is 0 Å². The lowest BCUT2D eigenvalue weighted by Gasteiger charge is -2.38. The molecule has 0 aromatic rings. The van der Waals surface area contributed by atoms with Crippen LogP contribution in [0.3, 0.4) is 0 Å². The van der Waals surface area contributed by atoms with Crippen LogP contribution in [0.15, 0.2) is 0 Å². The fourth-order valence-electron chi connectivity index (χ4n) is 1.25. The van der Waals surface area contributed by atoms with Crippen molar-refractivity contribution < 1.29 is 4.79 Å². The van der Waals surface area contributed by atoms with E-state index in [2.05, 4.69) is 0 Å². The molecule has 58 valence electrons. The molecule has 0 saturated carbocycles. The Kier molecular flexibility index (Phi) is 1.68. The third-order valence-electron chi connectivity index (χ3n) is 2.10. The van der Waals surface area contributed by atoms with Crippen LogP contribution in [-0.2, 0) is 4.79 Å². The zero-order valence-corrected chi connectivity index (χ0v) is 6.55. The quantitative estimate of drug-likeness (QED) is 0.399. The number of nitrogens with two attached hydrogens (primary N) is 1. The van der Waals surface area contributed by atoms with Crippen molar-refractivity contribution in [1.82, 2.24) is 5.01 Å². The Morgan fingerprint density at radius 3 is 2.60 bits per heavy atom. The summed E-state index contributed by atoms with van der Waals surface area (Å²) in [5.41, 5.74) is -0.130. The Hall–Kier alpha value is -0.570. The molecule has 3 heteroatoms. The summed E-state index contributed by atoms with van der Waals surface area (Å²) in [7, 11) is 0. The predicted octanol–water partition coefficient (Wildman–Crippen LogP) is 0.651. The number of piperidine rings is 1. The maximum absolute atomic E-state index is 11.0. The summed E-state index contributed by atoms with van der Waals surface area (Å²) in [6, 6.07) is 0. The van der Waals surface area contributed by atoms with E-state index < -0.39 is 0 Å². The van der Waals surface area contributed by atoms with Crippen molar-refractivity contribution >= 4 is 5.91 Å². The number of hydrazine groups is 1. The molecule has 0 atom stereocenters. The van der Waals surface area contributed by atoms with Crippen LogP contribution in [0.2, 0.25) is 0 Å². The molecule has 0 bridgehead atoms. The molecule has 10 heavy (non-hydrogen) atoms. The van der Waals surface area contributed by atoms with Gasteiger partial charge in [0.25, 0.3) is 0 Å². The second-order valence-electron chi connectivity index (χ2n) is 3.43. The zero-order valence-electron chi connectivity index (χ0n) is 6.55. The number of hydrogen-bond acceptors (Lipinski definition) is 2. The SMILES string of the molecule is CC1(C)CCCC(=O)N1N. The van der Waals surface area contributed by atoms with Gasteiger partial charge in [0.05, 0.1) is 5.54 Å². The van der Waals surface area contributed by atoms with Crippen molar-refractivity contribution in [3.8, 4) is 0 Å². The maximum Gasteiger partial charge on any atom is 0.236 e. The average molecular weight is 142 g/mol. The van der Waals surface area contributed by atoms with Gasteiger partial charge in [-0.2, -0.15) is 0 Å². The van der Waals surface area contributed by atoms with E-state index in [4.69, 9.17) is 5.84 Å². The zero-order chi connectivity index (χ0) is 7.78. The van der Waals surface area contributed by atoms with Crippen LogP contribution in [-0.4, -0.2) is 16.5 Å². The topological polar surface area (TPSA) is 46.3 Å². The fourth-order valence-corrected chi connectivity index (χ4v) is 1.25. The number of amides is 1. The highest BCUT2D eigenvalue weighted by molar-refractivity contribution is 5.77. The van der Waals surface area contributed by atoms with Crippen molar-refractivity contribution in [3.63, 3.8) is 0 Å². The summed E-state index contributed by atoms with van der Waals surface area (Å²) in [5, 5.41) is 1.36. The van der Waals surface area contributed by atoms with E-state index in [1.165, 1.54) is 5.01 Å². The molecule has 0 unspecified atom stereocenters. The molecule has 1 rings (SSSR count). The number of hydrogen-bond donors (Lipinski definition) is 1. The van der Waals surface area contributed by atoms with E-state index in [1.807, 2.05) is 13.8 Å². The molecule has 2 N–H and O–H groups in total. The van der Waals surface area contributed by atoms with E-state index in [9.17, 15) is 4.79 Å². The van der Waals surface area contributed by atoms with Crippen LogP contribution in [0.4, 0.5) is 0 Å². The summed E-state index contributed by atoms with van der Waals surface area (Å²) < 4.78 is 0. The molecule has 0 radical (unpaired) electrons. The van der Waals surface area contributed by atoms with Gasteiger partial charge in [0.15, 0.2) is 0 Å². The first-order valence-corrected chi connectivity index (χ1v) is 3.62. The molecule has 3 nitrogen and oxygen atoms in total. The fraction of sp³-hybridized carbons (Fsp3) is 0.857. The van der Waals surface area contributed by atoms with Crippen LogP contribution in [0, 0.1) is 0 Å². The minimum Gasteiger partial charge on any atom is -0.275 e. The first kappa shape index (κ1) is 7.54. The van der Waals surface area contributed by atoms with Crippen molar-refractivity contribution in [2.24, 2.45) is 5.84 Å². The van der Waals surface area contributed by atoms with Gasteiger partial charge in [-0.3, -0.25) is 9.80 Å². The second kappa shape index (κ2) is 2.23. The van der Waals surface area contributed by atoms with Gasteiger partial charge in [-0.05, 0) is 26.7 Å². The minimum atomic E-state index is -0.130. The van der Waals surface area contributed by atoms with Crippen LogP contribution in [0.1, 0.15) is 33.1 Å². The second-order valence-corrected chi connectivity index (χ2v) is 3.43. The number of rotatable bonds is 0. The lowest BCUT2D eigenvalue weighted by atomic mass is 9.92. The van der Waals surface area contributed by atoms with Crippen molar-refractivity contribution in [3.05, 3.63) is 0 Å². The van der Waals surface area contributed by atoms with E-state index in [0.717, 1.165) is 12.8 Å². The molecular weight excluding hydrogens is 128 g/mol. The predicted molar refractivity (Wildman–Crippen MR) is 39.0 cm³/mol. The van der Waals surface area contributed by atoms with Gasteiger partial charge in [-0.15, -0.1) is 0 Å². The minimum absolute atomic E-state index is 0.0660. The van der Waals surface area contributed by atoms with E-state index in [-0.39, 0.29) is 11.4 Å². The number of carbonyl (C=O) groups is 1. The standard InChI is InChI=1S/C7H14N2O/c1-7(2)5-3-4-6(10)9(7)8/h3-5,8H2,1-2H3. The largest absolute Gasteiger partial charge is 0.275 e. The van der Waals surface area contributed by atoms with Crippen LogP contribution in [0.25, 0.3) is 0 Å². The van der Waals surface area contributed by atoms with Gasteiger partial charge >= 0.3 is 0 Å². The highest BCUT2D eigenvalue weighted by atomic mass is 16.2. The smallest absolute Gasteiger partial charge is 0.236 e. The van der Waals surface area contributed by atoms with Gasteiger partial charge < -0.3 is 0 Å². The molecule has 1 aliphatic heterocycles. The molecule has 1 saturated heterocycles. The Bertz CT molecular complexity index is 154. The normalized spacial score (nSPS) is 25.1. The molecule has 0 aromatic heterocycles. The van der Waals surface area contributed by atoms with Crippen LogP contribution >= 0.6 is 0 Å².